The number of rotatable bonds is 7. The van der Waals surface area contributed by atoms with Crippen molar-refractivity contribution in [3.05, 3.63) is 47.7 Å². The van der Waals surface area contributed by atoms with E-state index in [1.807, 2.05) is 0 Å². The molecule has 0 aromatic heterocycles. The SMILES string of the molecule is C#CCN(C(=O)c1ccccc1C(F)(F)F)C(C(=C)NC1CCCCC1)C1CCCCC1. The first-order chi connectivity index (χ1) is 15.3. The van der Waals surface area contributed by atoms with Gasteiger partial charge in [0.2, 0.25) is 0 Å². The largest absolute Gasteiger partial charge is 0.417 e. The first kappa shape index (κ1) is 24.2. The van der Waals surface area contributed by atoms with Gasteiger partial charge in [-0.1, -0.05) is 63.2 Å². The van der Waals surface area contributed by atoms with Crippen LogP contribution in [0.2, 0.25) is 0 Å². The van der Waals surface area contributed by atoms with E-state index in [1.165, 1.54) is 29.5 Å². The Morgan fingerprint density at radius 3 is 2.28 bits per heavy atom. The van der Waals surface area contributed by atoms with E-state index in [0.29, 0.717) is 5.70 Å². The quantitative estimate of drug-likeness (QED) is 0.508. The van der Waals surface area contributed by atoms with Crippen LogP contribution in [-0.4, -0.2) is 29.4 Å². The second kappa shape index (κ2) is 10.9. The Balaban J connectivity index is 1.94. The van der Waals surface area contributed by atoms with Crippen LogP contribution in [0.15, 0.2) is 36.5 Å². The van der Waals surface area contributed by atoms with Gasteiger partial charge in [-0.3, -0.25) is 4.79 Å². The number of hydrogen-bond donors (Lipinski definition) is 1. The summed E-state index contributed by atoms with van der Waals surface area (Å²) in [6.45, 7) is 4.22. The number of alkyl halides is 3. The number of nitrogens with one attached hydrogen (secondary N) is 1. The monoisotopic (exact) mass is 446 g/mol. The van der Waals surface area contributed by atoms with Crippen molar-refractivity contribution in [1.29, 1.82) is 0 Å². The van der Waals surface area contributed by atoms with Gasteiger partial charge in [-0.2, -0.15) is 13.2 Å². The zero-order chi connectivity index (χ0) is 23.1. The minimum Gasteiger partial charge on any atom is -0.384 e. The Bertz CT molecular complexity index is 830. The summed E-state index contributed by atoms with van der Waals surface area (Å²) >= 11 is 0. The Kier molecular flexibility index (Phi) is 8.28. The lowest BCUT2D eigenvalue weighted by molar-refractivity contribution is -0.138. The van der Waals surface area contributed by atoms with Crippen molar-refractivity contribution in [2.24, 2.45) is 5.92 Å². The summed E-state index contributed by atoms with van der Waals surface area (Å²) in [7, 11) is 0. The molecule has 2 fully saturated rings. The van der Waals surface area contributed by atoms with Crippen molar-refractivity contribution in [3.63, 3.8) is 0 Å². The van der Waals surface area contributed by atoms with Crippen molar-refractivity contribution in [2.45, 2.75) is 82.5 Å². The molecule has 174 valence electrons. The molecule has 0 saturated heterocycles. The molecule has 0 spiro atoms. The summed E-state index contributed by atoms with van der Waals surface area (Å²) in [5.41, 5.74) is -0.585. The number of nitrogens with zero attached hydrogens (tertiary/aromatic N) is 1. The highest BCUT2D eigenvalue weighted by Gasteiger charge is 2.39. The third-order valence-corrected chi connectivity index (χ3v) is 6.77. The summed E-state index contributed by atoms with van der Waals surface area (Å²) < 4.78 is 40.9. The number of hydrogen-bond acceptors (Lipinski definition) is 2. The van der Waals surface area contributed by atoms with Crippen LogP contribution >= 0.6 is 0 Å². The highest BCUT2D eigenvalue weighted by atomic mass is 19.4. The maximum atomic E-state index is 13.6. The zero-order valence-electron chi connectivity index (χ0n) is 18.6. The topological polar surface area (TPSA) is 32.3 Å². The highest BCUT2D eigenvalue weighted by Crippen LogP contribution is 2.36. The van der Waals surface area contributed by atoms with Crippen LogP contribution < -0.4 is 5.32 Å². The van der Waals surface area contributed by atoms with Crippen LogP contribution in [0.5, 0.6) is 0 Å². The smallest absolute Gasteiger partial charge is 0.384 e. The molecule has 1 aromatic carbocycles. The van der Waals surface area contributed by atoms with E-state index in [2.05, 4.69) is 17.8 Å². The van der Waals surface area contributed by atoms with Crippen LogP contribution in [-0.2, 0) is 6.18 Å². The van der Waals surface area contributed by atoms with Gasteiger partial charge in [0, 0.05) is 11.7 Å². The number of amides is 1. The van der Waals surface area contributed by atoms with Gasteiger partial charge in [-0.05, 0) is 43.7 Å². The van der Waals surface area contributed by atoms with Crippen LogP contribution in [0.4, 0.5) is 13.2 Å². The maximum Gasteiger partial charge on any atom is 0.417 e. The number of terminal acetylenes is 1. The average Bonchev–Trinajstić information content (AvgIpc) is 2.79. The Hall–Kier alpha value is -2.42. The first-order valence-corrected chi connectivity index (χ1v) is 11.7. The van der Waals surface area contributed by atoms with Crippen molar-refractivity contribution in [3.8, 4) is 12.3 Å². The van der Waals surface area contributed by atoms with Crippen LogP contribution in [0.25, 0.3) is 0 Å². The molecule has 2 aliphatic rings. The predicted molar refractivity (Wildman–Crippen MR) is 121 cm³/mol. The molecule has 1 unspecified atom stereocenters. The van der Waals surface area contributed by atoms with E-state index in [1.54, 1.807) is 0 Å². The maximum absolute atomic E-state index is 13.6. The summed E-state index contributed by atoms with van der Waals surface area (Å²) in [6, 6.07) is 4.81. The number of halogens is 3. The molecule has 3 rings (SSSR count). The van der Waals surface area contributed by atoms with Crippen molar-refractivity contribution < 1.29 is 18.0 Å². The van der Waals surface area contributed by atoms with E-state index < -0.39 is 23.7 Å². The summed E-state index contributed by atoms with van der Waals surface area (Å²) in [5, 5.41) is 3.53. The van der Waals surface area contributed by atoms with E-state index >= 15 is 0 Å². The van der Waals surface area contributed by atoms with Gasteiger partial charge in [-0.25, -0.2) is 0 Å². The lowest BCUT2D eigenvalue weighted by atomic mass is 9.81. The molecule has 1 aromatic rings. The van der Waals surface area contributed by atoms with Gasteiger partial charge >= 0.3 is 6.18 Å². The molecule has 0 aliphatic heterocycles. The van der Waals surface area contributed by atoms with Crippen molar-refractivity contribution in [2.75, 3.05) is 6.54 Å². The summed E-state index contributed by atoms with van der Waals surface area (Å²) in [4.78, 5) is 15.0. The molecular weight excluding hydrogens is 413 g/mol. The molecule has 0 heterocycles. The van der Waals surface area contributed by atoms with E-state index in [9.17, 15) is 18.0 Å². The molecule has 1 amide bonds. The Morgan fingerprint density at radius 2 is 1.69 bits per heavy atom. The molecule has 1 atom stereocenters. The van der Waals surface area contributed by atoms with Crippen molar-refractivity contribution >= 4 is 5.91 Å². The number of benzene rings is 1. The van der Waals surface area contributed by atoms with E-state index in [4.69, 9.17) is 6.42 Å². The summed E-state index contributed by atoms with van der Waals surface area (Å²) in [6.07, 6.45) is 11.6. The predicted octanol–water partition coefficient (Wildman–Crippen LogP) is 6.17. The average molecular weight is 447 g/mol. The molecule has 0 bridgehead atoms. The van der Waals surface area contributed by atoms with Gasteiger partial charge in [0.25, 0.3) is 5.91 Å². The van der Waals surface area contributed by atoms with E-state index in [-0.39, 0.29) is 24.1 Å². The number of carbonyl (C=O) groups excluding carboxylic acids is 1. The van der Waals surface area contributed by atoms with Crippen LogP contribution in [0.1, 0.15) is 80.1 Å². The van der Waals surface area contributed by atoms with Gasteiger partial charge in [0.1, 0.15) is 0 Å². The fourth-order valence-electron chi connectivity index (χ4n) is 5.24. The van der Waals surface area contributed by atoms with Crippen LogP contribution in [0, 0.1) is 18.3 Å². The van der Waals surface area contributed by atoms with Crippen LogP contribution in [0.3, 0.4) is 0 Å². The molecule has 0 radical (unpaired) electrons. The normalized spacial score (nSPS) is 19.1. The van der Waals surface area contributed by atoms with Crippen molar-refractivity contribution in [1.82, 2.24) is 10.2 Å². The molecule has 32 heavy (non-hydrogen) atoms. The van der Waals surface area contributed by atoms with Gasteiger partial charge < -0.3 is 10.2 Å². The molecular formula is C26H33F3N2O. The second-order valence-electron chi connectivity index (χ2n) is 9.03. The minimum atomic E-state index is -4.62. The fourth-order valence-corrected chi connectivity index (χ4v) is 5.24. The fraction of sp³-hybridized carbons (Fsp3) is 0.577. The lowest BCUT2D eigenvalue weighted by Gasteiger charge is -2.41. The lowest BCUT2D eigenvalue weighted by Crippen LogP contribution is -2.50. The zero-order valence-corrected chi connectivity index (χ0v) is 18.6. The first-order valence-electron chi connectivity index (χ1n) is 11.7. The third kappa shape index (κ3) is 5.88. The molecule has 2 aliphatic carbocycles. The van der Waals surface area contributed by atoms with Gasteiger partial charge in [0.15, 0.2) is 0 Å². The molecule has 2 saturated carbocycles. The van der Waals surface area contributed by atoms with Gasteiger partial charge in [-0.15, -0.1) is 6.42 Å². The Labute approximate surface area is 189 Å². The minimum absolute atomic E-state index is 0.0580. The van der Waals surface area contributed by atoms with E-state index in [0.717, 1.165) is 63.9 Å². The van der Waals surface area contributed by atoms with Gasteiger partial charge in [0.05, 0.1) is 23.7 Å². The number of carbonyl (C=O) groups is 1. The highest BCUT2D eigenvalue weighted by molar-refractivity contribution is 5.96. The third-order valence-electron chi connectivity index (χ3n) is 6.77. The molecule has 1 N–H and O–H groups in total. The molecule has 3 nitrogen and oxygen atoms in total. The summed E-state index contributed by atoms with van der Waals surface area (Å²) in [5.74, 6) is 1.95. The standard InChI is InChI=1S/C26H33F3N2O/c1-3-18-31(25(32)22-16-10-11-17-23(22)26(27,28)29)24(20-12-6-4-7-13-20)19(2)30-21-14-8-5-9-15-21/h1,10-11,16-17,20-21,24,30H,2,4-9,12-15,18H2. The Morgan fingerprint density at radius 1 is 1.09 bits per heavy atom. The molecule has 6 heteroatoms. The second-order valence-corrected chi connectivity index (χ2v) is 9.03.